The number of amides is 1. The van der Waals surface area contributed by atoms with Gasteiger partial charge in [-0.25, -0.2) is 8.42 Å². The Morgan fingerprint density at radius 3 is 2.56 bits per heavy atom. The maximum absolute atomic E-state index is 12.9. The van der Waals surface area contributed by atoms with E-state index in [9.17, 15) is 13.2 Å². The third-order valence-corrected chi connectivity index (χ3v) is 7.17. The smallest absolute Gasteiger partial charge is 0.258 e. The topological polar surface area (TPSA) is 66.9 Å². The summed E-state index contributed by atoms with van der Waals surface area (Å²) in [6.07, 6.45) is 0.837. The number of sulfonamides is 1. The third kappa shape index (κ3) is 3.26. The highest BCUT2D eigenvalue weighted by Crippen LogP contribution is 2.29. The van der Waals surface area contributed by atoms with Crippen LogP contribution in [0.25, 0.3) is 0 Å². The summed E-state index contributed by atoms with van der Waals surface area (Å²) in [4.78, 5) is 14.8. The maximum Gasteiger partial charge on any atom is 0.258 e. The van der Waals surface area contributed by atoms with Crippen LogP contribution >= 0.6 is 0 Å². The number of para-hydroxylation sites is 1. The first-order chi connectivity index (χ1) is 13.0. The van der Waals surface area contributed by atoms with Gasteiger partial charge >= 0.3 is 0 Å². The van der Waals surface area contributed by atoms with E-state index in [0.29, 0.717) is 31.9 Å². The lowest BCUT2D eigenvalue weighted by Gasteiger charge is -2.32. The zero-order valence-corrected chi connectivity index (χ0v) is 16.0. The summed E-state index contributed by atoms with van der Waals surface area (Å²) < 4.78 is 32.5. The molecule has 1 saturated heterocycles. The van der Waals surface area contributed by atoms with Gasteiger partial charge in [0, 0.05) is 30.4 Å². The molecule has 0 bridgehead atoms. The average Bonchev–Trinajstić information content (AvgIpc) is 3.12. The molecule has 1 fully saturated rings. The molecule has 2 aromatic rings. The average molecular weight is 386 g/mol. The minimum atomic E-state index is -3.59. The molecule has 1 unspecified atom stereocenters. The van der Waals surface area contributed by atoms with Gasteiger partial charge in [-0.1, -0.05) is 18.2 Å². The van der Waals surface area contributed by atoms with Crippen LogP contribution in [-0.2, 0) is 21.2 Å². The Hall–Kier alpha value is -2.22. The molecule has 1 amide bonds. The zero-order valence-electron chi connectivity index (χ0n) is 15.2. The number of carbonyl (C=O) groups excluding carboxylic acids is 1. The maximum atomic E-state index is 12.9. The van der Waals surface area contributed by atoms with Crippen LogP contribution in [-0.4, -0.2) is 51.0 Å². The molecule has 0 spiro atoms. The van der Waals surface area contributed by atoms with Crippen molar-refractivity contribution in [2.24, 2.45) is 0 Å². The van der Waals surface area contributed by atoms with Crippen LogP contribution in [0.1, 0.15) is 22.8 Å². The van der Waals surface area contributed by atoms with Crippen LogP contribution in [0.2, 0.25) is 0 Å². The van der Waals surface area contributed by atoms with Crippen LogP contribution in [0.5, 0.6) is 0 Å². The Morgan fingerprint density at radius 2 is 1.81 bits per heavy atom. The highest BCUT2D eigenvalue weighted by Gasteiger charge is 2.32. The number of benzene rings is 2. The van der Waals surface area contributed by atoms with E-state index in [1.54, 1.807) is 17.0 Å². The van der Waals surface area contributed by atoms with Crippen LogP contribution in [0.4, 0.5) is 5.69 Å². The Bertz CT molecular complexity index is 956. The molecule has 27 heavy (non-hydrogen) atoms. The number of ether oxygens (including phenoxy) is 1. The van der Waals surface area contributed by atoms with E-state index in [2.05, 4.69) is 0 Å². The van der Waals surface area contributed by atoms with E-state index in [1.165, 1.54) is 16.4 Å². The Balaban J connectivity index is 1.57. The standard InChI is InChI=1S/C20H22N2O4S/c1-15-14-26-13-12-22(15)27(24,25)18-8-6-17(7-9-18)20(23)21-11-10-16-4-2-3-5-19(16)21/h2-9,15H,10-14H2,1H3. The monoisotopic (exact) mass is 386 g/mol. The van der Waals surface area contributed by atoms with Crippen molar-refractivity contribution in [3.63, 3.8) is 0 Å². The fraction of sp³-hybridized carbons (Fsp3) is 0.350. The normalized spacial score (nSPS) is 20.5. The molecule has 2 aliphatic rings. The van der Waals surface area contributed by atoms with E-state index >= 15 is 0 Å². The summed E-state index contributed by atoms with van der Waals surface area (Å²) in [5.74, 6) is -0.108. The van der Waals surface area contributed by atoms with Gasteiger partial charge in [0.25, 0.3) is 5.91 Å². The molecule has 0 radical (unpaired) electrons. The van der Waals surface area contributed by atoms with Crippen molar-refractivity contribution >= 4 is 21.6 Å². The number of anilines is 1. The van der Waals surface area contributed by atoms with Gasteiger partial charge in [0.15, 0.2) is 0 Å². The van der Waals surface area contributed by atoms with Gasteiger partial charge in [-0.05, 0) is 49.2 Å². The van der Waals surface area contributed by atoms with Gasteiger partial charge in [-0.15, -0.1) is 0 Å². The molecule has 0 aromatic heterocycles. The quantitative estimate of drug-likeness (QED) is 0.812. The van der Waals surface area contributed by atoms with Crippen molar-refractivity contribution in [3.05, 3.63) is 59.7 Å². The van der Waals surface area contributed by atoms with Crippen molar-refractivity contribution in [2.75, 3.05) is 31.2 Å². The lowest BCUT2D eigenvalue weighted by molar-refractivity contribution is 0.0393. The number of nitrogens with zero attached hydrogens (tertiary/aromatic N) is 2. The molecule has 6 nitrogen and oxygen atoms in total. The molecule has 142 valence electrons. The number of fused-ring (bicyclic) bond motifs is 1. The van der Waals surface area contributed by atoms with E-state index in [4.69, 9.17) is 4.74 Å². The van der Waals surface area contributed by atoms with Crippen molar-refractivity contribution < 1.29 is 17.9 Å². The molecule has 2 heterocycles. The fourth-order valence-corrected chi connectivity index (χ4v) is 5.28. The highest BCUT2D eigenvalue weighted by atomic mass is 32.2. The molecule has 0 N–H and O–H groups in total. The fourth-order valence-electron chi connectivity index (χ4n) is 3.68. The van der Waals surface area contributed by atoms with Crippen LogP contribution in [0.15, 0.2) is 53.4 Å². The highest BCUT2D eigenvalue weighted by molar-refractivity contribution is 7.89. The van der Waals surface area contributed by atoms with Crippen molar-refractivity contribution in [2.45, 2.75) is 24.3 Å². The van der Waals surface area contributed by atoms with Crippen molar-refractivity contribution in [1.82, 2.24) is 4.31 Å². The molecular weight excluding hydrogens is 364 g/mol. The first kappa shape index (κ1) is 18.2. The minimum Gasteiger partial charge on any atom is -0.378 e. The molecule has 0 saturated carbocycles. The molecule has 7 heteroatoms. The van der Waals surface area contributed by atoms with Gasteiger partial charge in [-0.3, -0.25) is 4.79 Å². The van der Waals surface area contributed by atoms with E-state index in [1.807, 2.05) is 31.2 Å². The molecule has 0 aliphatic carbocycles. The Labute approximate surface area is 159 Å². The summed E-state index contributed by atoms with van der Waals surface area (Å²) in [6.45, 7) is 3.61. The summed E-state index contributed by atoms with van der Waals surface area (Å²) >= 11 is 0. The molecular formula is C20H22N2O4S. The van der Waals surface area contributed by atoms with E-state index in [-0.39, 0.29) is 16.8 Å². The SMILES string of the molecule is CC1COCCN1S(=O)(=O)c1ccc(C(=O)N2CCc3ccccc32)cc1. The van der Waals surface area contributed by atoms with Crippen molar-refractivity contribution in [1.29, 1.82) is 0 Å². The molecule has 4 rings (SSSR count). The number of hydrogen-bond donors (Lipinski definition) is 0. The second-order valence-corrected chi connectivity index (χ2v) is 8.79. The predicted molar refractivity (Wildman–Crippen MR) is 102 cm³/mol. The van der Waals surface area contributed by atoms with Crippen LogP contribution in [0, 0.1) is 0 Å². The predicted octanol–water partition coefficient (Wildman–Crippen LogP) is 2.30. The molecule has 1 atom stereocenters. The van der Waals surface area contributed by atoms with Gasteiger partial charge in [0.2, 0.25) is 10.0 Å². The summed E-state index contributed by atoms with van der Waals surface area (Å²) in [6, 6.07) is 13.9. The van der Waals surface area contributed by atoms with E-state index in [0.717, 1.165) is 17.7 Å². The second kappa shape index (κ2) is 7.07. The second-order valence-electron chi connectivity index (χ2n) is 6.90. The van der Waals surface area contributed by atoms with Crippen molar-refractivity contribution in [3.8, 4) is 0 Å². The lowest BCUT2D eigenvalue weighted by Crippen LogP contribution is -2.46. The zero-order chi connectivity index (χ0) is 19.0. The lowest BCUT2D eigenvalue weighted by atomic mass is 10.1. The Morgan fingerprint density at radius 1 is 1.07 bits per heavy atom. The first-order valence-electron chi connectivity index (χ1n) is 9.08. The molecule has 2 aliphatic heterocycles. The molecule has 2 aromatic carbocycles. The van der Waals surface area contributed by atoms with Crippen LogP contribution in [0.3, 0.4) is 0 Å². The van der Waals surface area contributed by atoms with Gasteiger partial charge < -0.3 is 9.64 Å². The first-order valence-corrected chi connectivity index (χ1v) is 10.5. The minimum absolute atomic E-state index is 0.108. The number of carbonyl (C=O) groups is 1. The Kier molecular flexibility index (Phi) is 4.75. The number of rotatable bonds is 3. The van der Waals surface area contributed by atoms with Crippen LogP contribution < -0.4 is 4.90 Å². The summed E-state index contributed by atoms with van der Waals surface area (Å²) in [7, 11) is -3.59. The summed E-state index contributed by atoms with van der Waals surface area (Å²) in [5.41, 5.74) is 2.58. The largest absolute Gasteiger partial charge is 0.378 e. The number of morpholine rings is 1. The third-order valence-electron chi connectivity index (χ3n) is 5.15. The van der Waals surface area contributed by atoms with Gasteiger partial charge in [0.1, 0.15) is 0 Å². The number of hydrogen-bond acceptors (Lipinski definition) is 4. The van der Waals surface area contributed by atoms with E-state index < -0.39 is 10.0 Å². The van der Waals surface area contributed by atoms with Gasteiger partial charge in [-0.2, -0.15) is 4.31 Å². The summed E-state index contributed by atoms with van der Waals surface area (Å²) in [5, 5.41) is 0. The van der Waals surface area contributed by atoms with Gasteiger partial charge in [0.05, 0.1) is 18.1 Å².